The van der Waals surface area contributed by atoms with Crippen LogP contribution in [0.15, 0.2) is 30.3 Å². The Morgan fingerprint density at radius 2 is 1.64 bits per heavy atom. The molecule has 0 radical (unpaired) electrons. The molecule has 0 heterocycles. The first kappa shape index (κ1) is 11.1. The third-order valence-electron chi connectivity index (χ3n) is 2.88. The molecule has 0 aliphatic heterocycles. The Balaban J connectivity index is 2.54. The molecule has 0 saturated heterocycles. The Morgan fingerprint density at radius 1 is 1.07 bits per heavy atom. The number of nitrogens with zero attached hydrogens (tertiary/aromatic N) is 1. The van der Waals surface area contributed by atoms with Gasteiger partial charge in [-0.1, -0.05) is 44.9 Å². The van der Waals surface area contributed by atoms with Crippen LogP contribution in [0, 0.1) is 5.92 Å². The lowest BCUT2D eigenvalue weighted by molar-refractivity contribution is 0.494. The molecule has 0 N–H and O–H groups in total. The van der Waals surface area contributed by atoms with Gasteiger partial charge in [-0.05, 0) is 18.1 Å². The zero-order chi connectivity index (χ0) is 10.4. The van der Waals surface area contributed by atoms with Gasteiger partial charge >= 0.3 is 0 Å². The van der Waals surface area contributed by atoms with Gasteiger partial charge in [-0.25, -0.2) is 0 Å². The predicted molar refractivity (Wildman–Crippen MR) is 63.8 cm³/mol. The molecule has 1 aromatic rings. The number of para-hydroxylation sites is 1. The Hall–Kier alpha value is -0.980. The summed E-state index contributed by atoms with van der Waals surface area (Å²) in [6, 6.07) is 10.6. The van der Waals surface area contributed by atoms with E-state index in [2.05, 4.69) is 56.1 Å². The molecular weight excluding hydrogens is 170 g/mol. The zero-order valence-corrected chi connectivity index (χ0v) is 9.53. The number of anilines is 1. The van der Waals surface area contributed by atoms with Crippen molar-refractivity contribution in [2.45, 2.75) is 26.7 Å². The van der Waals surface area contributed by atoms with Crippen molar-refractivity contribution < 1.29 is 0 Å². The fraction of sp³-hybridized carbons (Fsp3) is 0.538. The Bertz CT molecular complexity index is 239. The van der Waals surface area contributed by atoms with Crippen molar-refractivity contribution >= 4 is 5.69 Å². The van der Waals surface area contributed by atoms with Crippen LogP contribution < -0.4 is 4.90 Å². The summed E-state index contributed by atoms with van der Waals surface area (Å²) in [7, 11) is 2.17. The average molecular weight is 191 g/mol. The Labute approximate surface area is 87.7 Å². The van der Waals surface area contributed by atoms with Crippen molar-refractivity contribution in [1.29, 1.82) is 0 Å². The standard InChI is InChI=1S/C13H21N/c1-4-12(5-2)11-14(3)13-9-7-6-8-10-13/h6-10,12H,4-5,11H2,1-3H3. The molecule has 0 aromatic heterocycles. The highest BCUT2D eigenvalue weighted by Gasteiger charge is 2.07. The van der Waals surface area contributed by atoms with E-state index < -0.39 is 0 Å². The first-order valence-corrected chi connectivity index (χ1v) is 5.54. The van der Waals surface area contributed by atoms with Gasteiger partial charge in [-0.2, -0.15) is 0 Å². The summed E-state index contributed by atoms with van der Waals surface area (Å²) >= 11 is 0. The summed E-state index contributed by atoms with van der Waals surface area (Å²) in [6.07, 6.45) is 2.54. The maximum absolute atomic E-state index is 2.34. The molecule has 78 valence electrons. The molecule has 0 saturated carbocycles. The third-order valence-corrected chi connectivity index (χ3v) is 2.88. The molecule has 1 nitrogen and oxygen atoms in total. The zero-order valence-electron chi connectivity index (χ0n) is 9.53. The summed E-state index contributed by atoms with van der Waals surface area (Å²) in [6.45, 7) is 5.71. The molecule has 0 fully saturated rings. The van der Waals surface area contributed by atoms with Gasteiger partial charge in [0.1, 0.15) is 0 Å². The highest BCUT2D eigenvalue weighted by Crippen LogP contribution is 2.15. The van der Waals surface area contributed by atoms with Gasteiger partial charge in [0.25, 0.3) is 0 Å². The minimum Gasteiger partial charge on any atom is -0.374 e. The number of rotatable bonds is 5. The van der Waals surface area contributed by atoms with Crippen LogP contribution in [0.1, 0.15) is 26.7 Å². The SMILES string of the molecule is CCC(CC)CN(C)c1ccccc1. The quantitative estimate of drug-likeness (QED) is 0.688. The fourth-order valence-corrected chi connectivity index (χ4v) is 1.72. The van der Waals surface area contributed by atoms with E-state index in [9.17, 15) is 0 Å². The van der Waals surface area contributed by atoms with Gasteiger partial charge in [0.05, 0.1) is 0 Å². The number of benzene rings is 1. The summed E-state index contributed by atoms with van der Waals surface area (Å²) in [5.41, 5.74) is 1.32. The van der Waals surface area contributed by atoms with Crippen LogP contribution in [0.2, 0.25) is 0 Å². The lowest BCUT2D eigenvalue weighted by Gasteiger charge is -2.24. The van der Waals surface area contributed by atoms with Crippen LogP contribution in [-0.4, -0.2) is 13.6 Å². The topological polar surface area (TPSA) is 3.24 Å². The van der Waals surface area contributed by atoms with Crippen molar-refractivity contribution in [3.8, 4) is 0 Å². The van der Waals surface area contributed by atoms with Gasteiger partial charge in [-0.15, -0.1) is 0 Å². The summed E-state index contributed by atoms with van der Waals surface area (Å²) < 4.78 is 0. The highest BCUT2D eigenvalue weighted by molar-refractivity contribution is 5.44. The van der Waals surface area contributed by atoms with E-state index in [-0.39, 0.29) is 0 Å². The fourth-order valence-electron chi connectivity index (χ4n) is 1.72. The van der Waals surface area contributed by atoms with Crippen LogP contribution >= 0.6 is 0 Å². The minimum atomic E-state index is 0.820. The van der Waals surface area contributed by atoms with Gasteiger partial charge in [0, 0.05) is 19.3 Å². The van der Waals surface area contributed by atoms with Gasteiger partial charge in [0.15, 0.2) is 0 Å². The van der Waals surface area contributed by atoms with Crippen molar-refractivity contribution in [1.82, 2.24) is 0 Å². The first-order valence-electron chi connectivity index (χ1n) is 5.54. The third kappa shape index (κ3) is 3.06. The van der Waals surface area contributed by atoms with Gasteiger partial charge in [0.2, 0.25) is 0 Å². The van der Waals surface area contributed by atoms with E-state index >= 15 is 0 Å². The van der Waals surface area contributed by atoms with Gasteiger partial charge < -0.3 is 4.90 Å². The van der Waals surface area contributed by atoms with Crippen LogP contribution in [0.5, 0.6) is 0 Å². The van der Waals surface area contributed by atoms with Crippen LogP contribution in [0.25, 0.3) is 0 Å². The lowest BCUT2D eigenvalue weighted by atomic mass is 10.0. The minimum absolute atomic E-state index is 0.820. The molecule has 1 aromatic carbocycles. The van der Waals surface area contributed by atoms with E-state index in [1.807, 2.05) is 0 Å². The first-order chi connectivity index (χ1) is 6.77. The van der Waals surface area contributed by atoms with E-state index in [1.165, 1.54) is 18.5 Å². The van der Waals surface area contributed by atoms with Crippen molar-refractivity contribution in [3.05, 3.63) is 30.3 Å². The molecular formula is C13H21N. The van der Waals surface area contributed by atoms with Crippen LogP contribution in [0.3, 0.4) is 0 Å². The Morgan fingerprint density at radius 3 is 2.14 bits per heavy atom. The molecule has 0 amide bonds. The Kier molecular flexibility index (Phi) is 4.51. The molecule has 0 spiro atoms. The smallest absolute Gasteiger partial charge is 0.0363 e. The van der Waals surface area contributed by atoms with E-state index in [1.54, 1.807) is 0 Å². The maximum atomic E-state index is 2.34. The normalized spacial score (nSPS) is 10.6. The second-order valence-corrected chi connectivity index (χ2v) is 3.90. The van der Waals surface area contributed by atoms with Crippen LogP contribution in [-0.2, 0) is 0 Å². The molecule has 1 rings (SSSR count). The summed E-state index contributed by atoms with van der Waals surface area (Å²) in [5.74, 6) is 0.820. The molecule has 14 heavy (non-hydrogen) atoms. The molecule has 1 heteroatoms. The molecule has 0 atom stereocenters. The van der Waals surface area contributed by atoms with Crippen molar-refractivity contribution in [2.75, 3.05) is 18.5 Å². The molecule has 0 aliphatic rings. The van der Waals surface area contributed by atoms with E-state index in [4.69, 9.17) is 0 Å². The average Bonchev–Trinajstić information content (AvgIpc) is 2.26. The number of hydrogen-bond acceptors (Lipinski definition) is 1. The van der Waals surface area contributed by atoms with Crippen LogP contribution in [0.4, 0.5) is 5.69 Å². The van der Waals surface area contributed by atoms with Gasteiger partial charge in [-0.3, -0.25) is 0 Å². The molecule has 0 bridgehead atoms. The lowest BCUT2D eigenvalue weighted by Crippen LogP contribution is -2.24. The summed E-state index contributed by atoms with van der Waals surface area (Å²) in [4.78, 5) is 2.34. The summed E-state index contributed by atoms with van der Waals surface area (Å²) in [5, 5.41) is 0. The van der Waals surface area contributed by atoms with Crippen molar-refractivity contribution in [2.24, 2.45) is 5.92 Å². The van der Waals surface area contributed by atoms with Crippen molar-refractivity contribution in [3.63, 3.8) is 0 Å². The number of hydrogen-bond donors (Lipinski definition) is 0. The second-order valence-electron chi connectivity index (χ2n) is 3.90. The highest BCUT2D eigenvalue weighted by atomic mass is 15.1. The maximum Gasteiger partial charge on any atom is 0.0363 e. The second kappa shape index (κ2) is 5.69. The predicted octanol–water partition coefficient (Wildman–Crippen LogP) is 3.56. The van der Waals surface area contributed by atoms with E-state index in [0.29, 0.717) is 0 Å². The monoisotopic (exact) mass is 191 g/mol. The van der Waals surface area contributed by atoms with E-state index in [0.717, 1.165) is 12.5 Å². The molecule has 0 unspecified atom stereocenters. The molecule has 0 aliphatic carbocycles. The largest absolute Gasteiger partial charge is 0.374 e.